The number of hydrogen-bond donors (Lipinski definition) is 1. The highest BCUT2D eigenvalue weighted by Crippen LogP contribution is 2.24. The van der Waals surface area contributed by atoms with Crippen molar-refractivity contribution in [2.24, 2.45) is 5.41 Å². The minimum Gasteiger partial charge on any atom is -0.458 e. The van der Waals surface area contributed by atoms with Gasteiger partial charge in [0, 0.05) is 6.54 Å². The van der Waals surface area contributed by atoms with Crippen LogP contribution in [-0.2, 0) is 14.3 Å². The lowest BCUT2D eigenvalue weighted by atomic mass is 9.87. The molecule has 0 saturated heterocycles. The zero-order valence-corrected chi connectivity index (χ0v) is 11.4. The summed E-state index contributed by atoms with van der Waals surface area (Å²) in [6.45, 7) is 4.95. The van der Waals surface area contributed by atoms with E-state index in [-0.39, 0.29) is 6.42 Å². The van der Waals surface area contributed by atoms with Gasteiger partial charge in [-0.15, -0.1) is 0 Å². The van der Waals surface area contributed by atoms with E-state index < -0.39 is 30.1 Å². The number of halogens is 3. The number of ether oxygens (including phenoxy) is 1. The van der Waals surface area contributed by atoms with Crippen LogP contribution >= 0.6 is 0 Å². The van der Waals surface area contributed by atoms with Crippen LogP contribution in [0.4, 0.5) is 13.2 Å². The van der Waals surface area contributed by atoms with E-state index in [4.69, 9.17) is 0 Å². The molecule has 0 aliphatic heterocycles. The molecule has 1 unspecified atom stereocenters. The monoisotopic (exact) mass is 283 g/mol. The maximum Gasteiger partial charge on any atom is 0.490 e. The fraction of sp³-hybridized carbons (Fsp3) is 0.833. The summed E-state index contributed by atoms with van der Waals surface area (Å²) >= 11 is 0. The Morgan fingerprint density at radius 3 is 2.21 bits per heavy atom. The molecule has 0 heterocycles. The predicted octanol–water partition coefficient (Wildman–Crippen LogP) is 2.42. The van der Waals surface area contributed by atoms with Crippen LogP contribution in [0.15, 0.2) is 0 Å². The lowest BCUT2D eigenvalue weighted by molar-refractivity contribution is -0.202. The number of carbonyl (C=O) groups excluding carboxylic acids is 2. The lowest BCUT2D eigenvalue weighted by Crippen LogP contribution is -2.43. The van der Waals surface area contributed by atoms with E-state index in [0.717, 1.165) is 12.8 Å². The van der Waals surface area contributed by atoms with E-state index in [1.54, 1.807) is 6.92 Å². The topological polar surface area (TPSA) is 55.4 Å². The Labute approximate surface area is 110 Å². The van der Waals surface area contributed by atoms with Gasteiger partial charge >= 0.3 is 12.1 Å². The average Bonchev–Trinajstić information content (AvgIpc) is 2.34. The van der Waals surface area contributed by atoms with Crippen molar-refractivity contribution in [3.05, 3.63) is 0 Å². The highest BCUT2D eigenvalue weighted by molar-refractivity contribution is 5.83. The van der Waals surface area contributed by atoms with Crippen molar-refractivity contribution in [1.29, 1.82) is 0 Å². The number of unbranched alkanes of at least 4 members (excludes halogenated alkanes) is 1. The molecule has 1 atom stereocenters. The molecule has 0 radical (unpaired) electrons. The molecule has 112 valence electrons. The Morgan fingerprint density at radius 1 is 1.21 bits per heavy atom. The maximum absolute atomic E-state index is 12.0. The summed E-state index contributed by atoms with van der Waals surface area (Å²) in [5.41, 5.74) is -1.14. The molecule has 4 nitrogen and oxygen atoms in total. The molecule has 0 aliphatic rings. The molecular formula is C12H20F3NO3. The standard InChI is InChI=1S/C12H20F3NO3/c1-4-6-7-16-9(17)11(3,5-2)8-19-10(18)12(13,14)15/h4-8H2,1-3H3,(H,16,17). The van der Waals surface area contributed by atoms with Gasteiger partial charge in [0.25, 0.3) is 0 Å². The fourth-order valence-electron chi connectivity index (χ4n) is 1.23. The fourth-order valence-corrected chi connectivity index (χ4v) is 1.23. The van der Waals surface area contributed by atoms with Crippen LogP contribution < -0.4 is 5.32 Å². The van der Waals surface area contributed by atoms with Crippen LogP contribution in [0.2, 0.25) is 0 Å². The largest absolute Gasteiger partial charge is 0.490 e. The second-order valence-electron chi connectivity index (χ2n) is 4.60. The molecule has 1 N–H and O–H groups in total. The summed E-state index contributed by atoms with van der Waals surface area (Å²) in [7, 11) is 0. The molecule has 1 amide bonds. The summed E-state index contributed by atoms with van der Waals surface area (Å²) < 4.78 is 40.2. The van der Waals surface area contributed by atoms with E-state index in [9.17, 15) is 22.8 Å². The highest BCUT2D eigenvalue weighted by atomic mass is 19.4. The summed E-state index contributed by atoms with van der Waals surface area (Å²) in [5, 5.41) is 2.63. The third kappa shape index (κ3) is 5.94. The van der Waals surface area contributed by atoms with Crippen molar-refractivity contribution >= 4 is 11.9 Å². The molecule has 19 heavy (non-hydrogen) atoms. The van der Waals surface area contributed by atoms with Gasteiger partial charge in [-0.05, 0) is 19.8 Å². The van der Waals surface area contributed by atoms with E-state index in [0.29, 0.717) is 6.54 Å². The first-order chi connectivity index (χ1) is 8.67. The Morgan fingerprint density at radius 2 is 1.79 bits per heavy atom. The maximum atomic E-state index is 12.0. The third-order valence-corrected chi connectivity index (χ3v) is 2.90. The van der Waals surface area contributed by atoms with Crippen LogP contribution in [0.1, 0.15) is 40.0 Å². The van der Waals surface area contributed by atoms with Gasteiger partial charge in [-0.25, -0.2) is 4.79 Å². The Kier molecular flexibility index (Phi) is 6.86. The number of alkyl halides is 3. The van der Waals surface area contributed by atoms with Crippen molar-refractivity contribution < 1.29 is 27.5 Å². The molecule has 0 fully saturated rings. The minimum absolute atomic E-state index is 0.274. The molecule has 0 bridgehead atoms. The molecule has 0 aromatic heterocycles. The SMILES string of the molecule is CCCCNC(=O)C(C)(CC)COC(=O)C(F)(F)F. The van der Waals surface area contributed by atoms with Crippen molar-refractivity contribution in [3.8, 4) is 0 Å². The van der Waals surface area contributed by atoms with Crippen molar-refractivity contribution in [2.75, 3.05) is 13.2 Å². The predicted molar refractivity (Wildman–Crippen MR) is 63.3 cm³/mol. The second-order valence-corrected chi connectivity index (χ2v) is 4.60. The van der Waals surface area contributed by atoms with Gasteiger partial charge < -0.3 is 10.1 Å². The molecule has 0 aliphatic carbocycles. The molecule has 0 rings (SSSR count). The average molecular weight is 283 g/mol. The van der Waals surface area contributed by atoms with Gasteiger partial charge in [-0.1, -0.05) is 20.3 Å². The second kappa shape index (κ2) is 7.35. The third-order valence-electron chi connectivity index (χ3n) is 2.90. The van der Waals surface area contributed by atoms with E-state index in [1.807, 2.05) is 6.92 Å². The molecule has 0 aromatic rings. The van der Waals surface area contributed by atoms with Crippen LogP contribution in [0.5, 0.6) is 0 Å². The molecule has 0 aromatic carbocycles. The zero-order chi connectivity index (χ0) is 15.1. The summed E-state index contributed by atoms with van der Waals surface area (Å²) in [5.74, 6) is -2.67. The van der Waals surface area contributed by atoms with Gasteiger partial charge in [0.2, 0.25) is 5.91 Å². The molecular weight excluding hydrogens is 263 g/mol. The summed E-state index contributed by atoms with van der Waals surface area (Å²) in [6, 6.07) is 0. The van der Waals surface area contributed by atoms with Crippen molar-refractivity contribution in [1.82, 2.24) is 5.32 Å². The van der Waals surface area contributed by atoms with Crippen molar-refractivity contribution in [2.45, 2.75) is 46.2 Å². The first kappa shape index (κ1) is 17.7. The number of carbonyl (C=O) groups is 2. The smallest absolute Gasteiger partial charge is 0.458 e. The number of rotatable bonds is 7. The van der Waals surface area contributed by atoms with Gasteiger partial charge in [-0.2, -0.15) is 13.2 Å². The first-order valence-corrected chi connectivity index (χ1v) is 6.19. The minimum atomic E-state index is -5.03. The van der Waals surface area contributed by atoms with Gasteiger partial charge in [0.1, 0.15) is 6.61 Å². The van der Waals surface area contributed by atoms with Crippen molar-refractivity contribution in [3.63, 3.8) is 0 Å². The van der Waals surface area contributed by atoms with Crippen LogP contribution in [0.3, 0.4) is 0 Å². The summed E-state index contributed by atoms with van der Waals surface area (Å²) in [4.78, 5) is 22.5. The van der Waals surface area contributed by atoms with E-state index >= 15 is 0 Å². The van der Waals surface area contributed by atoms with Gasteiger partial charge in [-0.3, -0.25) is 4.79 Å². The Bertz CT molecular complexity index is 318. The normalized spacial score (nSPS) is 14.6. The number of nitrogens with one attached hydrogen (secondary N) is 1. The molecule has 0 spiro atoms. The van der Waals surface area contributed by atoms with Crippen LogP contribution in [-0.4, -0.2) is 31.2 Å². The lowest BCUT2D eigenvalue weighted by Gasteiger charge is -2.26. The van der Waals surface area contributed by atoms with E-state index in [1.165, 1.54) is 6.92 Å². The van der Waals surface area contributed by atoms with E-state index in [2.05, 4.69) is 10.1 Å². The summed E-state index contributed by atoms with van der Waals surface area (Å²) in [6.07, 6.45) is -3.08. The Balaban J connectivity index is 4.44. The molecule has 7 heteroatoms. The highest BCUT2D eigenvalue weighted by Gasteiger charge is 2.43. The van der Waals surface area contributed by atoms with Crippen LogP contribution in [0, 0.1) is 5.41 Å². The first-order valence-electron chi connectivity index (χ1n) is 6.19. The zero-order valence-electron chi connectivity index (χ0n) is 11.4. The number of hydrogen-bond acceptors (Lipinski definition) is 3. The quantitative estimate of drug-likeness (QED) is 0.576. The number of amides is 1. The van der Waals surface area contributed by atoms with Gasteiger partial charge in [0.05, 0.1) is 5.41 Å². The number of esters is 1. The van der Waals surface area contributed by atoms with Crippen LogP contribution in [0.25, 0.3) is 0 Å². The molecule has 0 saturated carbocycles. The van der Waals surface area contributed by atoms with Gasteiger partial charge in [0.15, 0.2) is 0 Å². The Hall–Kier alpha value is -1.27.